The molecule has 132 valence electrons. The number of carbonyl (C=O) groups is 2. The van der Waals surface area contributed by atoms with Gasteiger partial charge in [0.15, 0.2) is 0 Å². The Morgan fingerprint density at radius 2 is 2.20 bits per heavy atom. The number of anilines is 1. The van der Waals surface area contributed by atoms with Gasteiger partial charge >= 0.3 is 0 Å². The number of nitrogens with zero attached hydrogens (tertiary/aromatic N) is 1. The van der Waals surface area contributed by atoms with E-state index in [9.17, 15) is 9.59 Å². The first-order valence-corrected chi connectivity index (χ1v) is 9.16. The number of carbonyl (C=O) groups excluding carboxylic acids is 2. The van der Waals surface area contributed by atoms with E-state index in [1.165, 1.54) is 0 Å². The van der Waals surface area contributed by atoms with Crippen LogP contribution in [0.25, 0.3) is 0 Å². The maximum absolute atomic E-state index is 12.6. The van der Waals surface area contributed by atoms with Gasteiger partial charge in [0.1, 0.15) is 5.75 Å². The van der Waals surface area contributed by atoms with Crippen LogP contribution in [-0.2, 0) is 9.59 Å². The molecule has 2 amide bonds. The highest BCUT2D eigenvalue weighted by Crippen LogP contribution is 2.34. The van der Waals surface area contributed by atoms with Crippen molar-refractivity contribution in [2.45, 2.75) is 26.3 Å². The average Bonchev–Trinajstić information content (AvgIpc) is 3.24. The molecule has 2 atom stereocenters. The van der Waals surface area contributed by atoms with Crippen molar-refractivity contribution in [2.24, 2.45) is 5.92 Å². The lowest BCUT2D eigenvalue weighted by Gasteiger charge is -2.20. The van der Waals surface area contributed by atoms with Crippen molar-refractivity contribution >= 4 is 28.8 Å². The van der Waals surface area contributed by atoms with Gasteiger partial charge < -0.3 is 15.0 Å². The van der Waals surface area contributed by atoms with Crippen molar-refractivity contribution in [2.75, 3.05) is 18.6 Å². The number of rotatable bonds is 5. The molecule has 0 spiro atoms. The maximum Gasteiger partial charge on any atom is 0.227 e. The van der Waals surface area contributed by atoms with Crippen molar-refractivity contribution in [1.29, 1.82) is 0 Å². The first-order chi connectivity index (χ1) is 12.0. The van der Waals surface area contributed by atoms with E-state index in [0.717, 1.165) is 16.1 Å². The van der Waals surface area contributed by atoms with Crippen LogP contribution >= 0.6 is 11.3 Å². The van der Waals surface area contributed by atoms with Gasteiger partial charge in [-0.25, -0.2) is 0 Å². The van der Waals surface area contributed by atoms with Gasteiger partial charge in [-0.05, 0) is 43.0 Å². The molecule has 1 aromatic heterocycles. The predicted octanol–water partition coefficient (Wildman–Crippen LogP) is 3.30. The third kappa shape index (κ3) is 3.69. The van der Waals surface area contributed by atoms with Gasteiger partial charge in [-0.3, -0.25) is 9.59 Å². The fourth-order valence-electron chi connectivity index (χ4n) is 3.07. The van der Waals surface area contributed by atoms with Gasteiger partial charge in [0, 0.05) is 17.8 Å². The molecule has 1 saturated heterocycles. The second kappa shape index (κ2) is 7.27. The summed E-state index contributed by atoms with van der Waals surface area (Å²) < 4.78 is 5.38. The maximum atomic E-state index is 12.6. The zero-order valence-corrected chi connectivity index (χ0v) is 15.4. The van der Waals surface area contributed by atoms with Crippen LogP contribution < -0.4 is 15.0 Å². The summed E-state index contributed by atoms with van der Waals surface area (Å²) in [5, 5.41) is 5.01. The zero-order valence-electron chi connectivity index (χ0n) is 14.6. The Balaban J connectivity index is 1.72. The van der Waals surface area contributed by atoms with E-state index in [0.29, 0.717) is 12.3 Å². The number of nitrogens with one attached hydrogen (secondary N) is 1. The van der Waals surface area contributed by atoms with Crippen LogP contribution in [-0.4, -0.2) is 25.5 Å². The molecule has 1 N–H and O–H groups in total. The van der Waals surface area contributed by atoms with E-state index >= 15 is 0 Å². The fraction of sp³-hybridized carbons (Fsp3) is 0.368. The number of methoxy groups -OCH3 is 1. The molecule has 0 bridgehead atoms. The summed E-state index contributed by atoms with van der Waals surface area (Å²) in [4.78, 5) is 27.8. The largest absolute Gasteiger partial charge is 0.495 e. The normalized spacial score (nSPS) is 18.3. The number of amides is 2. The van der Waals surface area contributed by atoms with Crippen molar-refractivity contribution in [3.05, 3.63) is 46.2 Å². The molecule has 2 heterocycles. The first-order valence-electron chi connectivity index (χ1n) is 8.28. The first kappa shape index (κ1) is 17.5. The summed E-state index contributed by atoms with van der Waals surface area (Å²) >= 11 is 1.61. The summed E-state index contributed by atoms with van der Waals surface area (Å²) in [7, 11) is 1.58. The molecule has 2 aromatic rings. The zero-order chi connectivity index (χ0) is 18.0. The number of benzene rings is 1. The smallest absolute Gasteiger partial charge is 0.227 e. The third-order valence-corrected chi connectivity index (χ3v) is 5.50. The van der Waals surface area contributed by atoms with E-state index in [1.807, 2.05) is 49.6 Å². The standard InChI is InChI=1S/C19H22N2O3S/c1-12-6-7-16(24-3)15(9-12)21-11-14(10-18(21)22)19(23)20-13(2)17-5-4-8-25-17/h4-9,13-14H,10-11H2,1-3H3,(H,20,23). The summed E-state index contributed by atoms with van der Waals surface area (Å²) in [6.45, 7) is 4.31. The van der Waals surface area contributed by atoms with Crippen LogP contribution in [0.15, 0.2) is 35.7 Å². The molecule has 1 fully saturated rings. The van der Waals surface area contributed by atoms with Crippen LogP contribution in [0, 0.1) is 12.8 Å². The predicted molar refractivity (Wildman–Crippen MR) is 99.1 cm³/mol. The van der Waals surface area contributed by atoms with Crippen LogP contribution in [0.5, 0.6) is 5.75 Å². The summed E-state index contributed by atoms with van der Waals surface area (Å²) in [5.41, 5.74) is 1.77. The van der Waals surface area contributed by atoms with Gasteiger partial charge in [0.25, 0.3) is 0 Å². The molecular weight excluding hydrogens is 336 g/mol. The number of hydrogen-bond donors (Lipinski definition) is 1. The molecule has 1 aromatic carbocycles. The molecule has 0 aliphatic carbocycles. The number of thiophene rings is 1. The topological polar surface area (TPSA) is 58.6 Å². The Kier molecular flexibility index (Phi) is 5.08. The molecule has 25 heavy (non-hydrogen) atoms. The highest BCUT2D eigenvalue weighted by atomic mass is 32.1. The van der Waals surface area contributed by atoms with Crippen LogP contribution in [0.3, 0.4) is 0 Å². The van der Waals surface area contributed by atoms with Crippen LogP contribution in [0.1, 0.15) is 29.8 Å². The molecule has 5 nitrogen and oxygen atoms in total. The minimum absolute atomic E-state index is 0.0483. The molecule has 0 radical (unpaired) electrons. The molecule has 0 saturated carbocycles. The Bertz CT molecular complexity index is 773. The highest BCUT2D eigenvalue weighted by Gasteiger charge is 2.36. The van der Waals surface area contributed by atoms with Crippen LogP contribution in [0.4, 0.5) is 5.69 Å². The number of hydrogen-bond acceptors (Lipinski definition) is 4. The van der Waals surface area contributed by atoms with Gasteiger partial charge in [-0.1, -0.05) is 12.1 Å². The van der Waals surface area contributed by atoms with Crippen molar-refractivity contribution < 1.29 is 14.3 Å². The van der Waals surface area contributed by atoms with Crippen molar-refractivity contribution in [1.82, 2.24) is 5.32 Å². The summed E-state index contributed by atoms with van der Waals surface area (Å²) in [6.07, 6.45) is 0.222. The molecular formula is C19H22N2O3S. The van der Waals surface area contributed by atoms with E-state index in [4.69, 9.17) is 4.74 Å². The van der Waals surface area contributed by atoms with E-state index in [1.54, 1.807) is 23.3 Å². The van der Waals surface area contributed by atoms with Crippen molar-refractivity contribution in [3.63, 3.8) is 0 Å². The molecule has 1 aliphatic heterocycles. The lowest BCUT2D eigenvalue weighted by atomic mass is 10.1. The third-order valence-electron chi connectivity index (χ3n) is 4.45. The van der Waals surface area contributed by atoms with E-state index < -0.39 is 0 Å². The Hall–Kier alpha value is -2.34. The lowest BCUT2D eigenvalue weighted by Crippen LogP contribution is -2.34. The molecule has 6 heteroatoms. The molecule has 1 aliphatic rings. The van der Waals surface area contributed by atoms with Gasteiger partial charge in [-0.15, -0.1) is 11.3 Å². The van der Waals surface area contributed by atoms with Gasteiger partial charge in [-0.2, -0.15) is 0 Å². The monoisotopic (exact) mass is 358 g/mol. The van der Waals surface area contributed by atoms with Gasteiger partial charge in [0.2, 0.25) is 11.8 Å². The Morgan fingerprint density at radius 1 is 1.40 bits per heavy atom. The molecule has 3 rings (SSSR count). The fourth-order valence-corrected chi connectivity index (χ4v) is 3.80. The Labute approximate surface area is 151 Å². The van der Waals surface area contributed by atoms with E-state index in [-0.39, 0.29) is 30.2 Å². The molecule has 2 unspecified atom stereocenters. The quantitative estimate of drug-likeness (QED) is 0.892. The van der Waals surface area contributed by atoms with Crippen molar-refractivity contribution in [3.8, 4) is 5.75 Å². The van der Waals surface area contributed by atoms with E-state index in [2.05, 4.69) is 5.32 Å². The number of aryl methyl sites for hydroxylation is 1. The second-order valence-electron chi connectivity index (χ2n) is 6.33. The second-order valence-corrected chi connectivity index (χ2v) is 7.31. The number of ether oxygens (including phenoxy) is 1. The summed E-state index contributed by atoms with van der Waals surface area (Å²) in [6, 6.07) is 9.63. The van der Waals surface area contributed by atoms with Gasteiger partial charge in [0.05, 0.1) is 24.8 Å². The van der Waals surface area contributed by atoms with Crippen LogP contribution in [0.2, 0.25) is 0 Å². The lowest BCUT2D eigenvalue weighted by molar-refractivity contribution is -0.126. The minimum atomic E-state index is -0.347. The Morgan fingerprint density at radius 3 is 2.88 bits per heavy atom. The average molecular weight is 358 g/mol. The minimum Gasteiger partial charge on any atom is -0.495 e. The SMILES string of the molecule is COc1ccc(C)cc1N1CC(C(=O)NC(C)c2cccs2)CC1=O. The summed E-state index contributed by atoms with van der Waals surface area (Å²) in [5.74, 6) is 0.170. The highest BCUT2D eigenvalue weighted by molar-refractivity contribution is 7.10.